The number of aliphatic carboxylic acids is 1. The highest BCUT2D eigenvalue weighted by Crippen LogP contribution is 2.29. The average Bonchev–Trinajstić information content (AvgIpc) is 3.05. The molecule has 4 heteroatoms. The van der Waals surface area contributed by atoms with E-state index in [0.29, 0.717) is 5.92 Å². The first-order chi connectivity index (χ1) is 7.54. The average molecular weight is 225 g/mol. The van der Waals surface area contributed by atoms with Crippen molar-refractivity contribution in [2.45, 2.75) is 39.2 Å². The van der Waals surface area contributed by atoms with Crippen molar-refractivity contribution in [1.82, 2.24) is 5.32 Å². The fourth-order valence-corrected chi connectivity index (χ4v) is 1.40. The predicted octanol–water partition coefficient (Wildman–Crippen LogP) is 1.57. The van der Waals surface area contributed by atoms with Gasteiger partial charge in [0.25, 0.3) is 0 Å². The molecule has 0 aliphatic heterocycles. The highest BCUT2D eigenvalue weighted by Gasteiger charge is 2.24. The molecule has 1 rings (SSSR count). The van der Waals surface area contributed by atoms with Crippen LogP contribution >= 0.6 is 0 Å². The van der Waals surface area contributed by atoms with Crippen LogP contribution in [0.2, 0.25) is 0 Å². The van der Waals surface area contributed by atoms with Crippen molar-refractivity contribution in [3.63, 3.8) is 0 Å². The van der Waals surface area contributed by atoms with Crippen molar-refractivity contribution < 1.29 is 14.7 Å². The maximum atomic E-state index is 11.4. The second-order valence-corrected chi connectivity index (χ2v) is 4.41. The van der Waals surface area contributed by atoms with Crippen molar-refractivity contribution in [3.05, 3.63) is 12.2 Å². The summed E-state index contributed by atoms with van der Waals surface area (Å²) in [5.41, 5.74) is 0. The lowest BCUT2D eigenvalue weighted by Gasteiger charge is -2.19. The lowest BCUT2D eigenvalue weighted by molar-refractivity contribution is -0.142. The molecule has 0 radical (unpaired) electrons. The van der Waals surface area contributed by atoms with Gasteiger partial charge in [0.05, 0.1) is 0 Å². The standard InChI is InChI=1S/C12H19NO3/c1-3-8(2)11(12(15)16)13-10(14)7-6-9-4-5-9/h6-9,11H,3-5H2,1-2H3,(H,13,14)(H,15,16)/b7-6+. The molecule has 1 amide bonds. The Morgan fingerprint density at radius 3 is 2.56 bits per heavy atom. The Kier molecular flexibility index (Phi) is 4.52. The molecule has 2 unspecified atom stereocenters. The largest absolute Gasteiger partial charge is 0.480 e. The molecule has 0 aromatic carbocycles. The molecule has 16 heavy (non-hydrogen) atoms. The molecule has 0 heterocycles. The summed E-state index contributed by atoms with van der Waals surface area (Å²) >= 11 is 0. The van der Waals surface area contributed by atoms with Gasteiger partial charge in [-0.25, -0.2) is 4.79 Å². The van der Waals surface area contributed by atoms with E-state index >= 15 is 0 Å². The van der Waals surface area contributed by atoms with Crippen LogP contribution in [0.1, 0.15) is 33.1 Å². The van der Waals surface area contributed by atoms with Crippen molar-refractivity contribution in [2.24, 2.45) is 11.8 Å². The number of nitrogens with one attached hydrogen (secondary N) is 1. The third-order valence-electron chi connectivity index (χ3n) is 2.92. The van der Waals surface area contributed by atoms with Crippen LogP contribution in [-0.2, 0) is 9.59 Å². The summed E-state index contributed by atoms with van der Waals surface area (Å²) in [6.07, 6.45) is 6.30. The number of hydrogen-bond donors (Lipinski definition) is 2. The molecule has 0 aromatic heterocycles. The monoisotopic (exact) mass is 225 g/mol. The molecule has 0 saturated heterocycles. The van der Waals surface area contributed by atoms with Gasteiger partial charge in [-0.15, -0.1) is 0 Å². The third-order valence-corrected chi connectivity index (χ3v) is 2.92. The smallest absolute Gasteiger partial charge is 0.326 e. The van der Waals surface area contributed by atoms with E-state index in [1.165, 1.54) is 6.08 Å². The van der Waals surface area contributed by atoms with Gasteiger partial charge in [0.1, 0.15) is 6.04 Å². The highest BCUT2D eigenvalue weighted by molar-refractivity contribution is 5.91. The molecule has 2 N–H and O–H groups in total. The molecule has 4 nitrogen and oxygen atoms in total. The molecule has 2 atom stereocenters. The van der Waals surface area contributed by atoms with Crippen LogP contribution in [0, 0.1) is 11.8 Å². The predicted molar refractivity (Wildman–Crippen MR) is 60.9 cm³/mol. The van der Waals surface area contributed by atoms with E-state index in [9.17, 15) is 9.59 Å². The molecule has 90 valence electrons. The van der Waals surface area contributed by atoms with Crippen LogP contribution in [0.4, 0.5) is 0 Å². The Morgan fingerprint density at radius 1 is 1.50 bits per heavy atom. The quantitative estimate of drug-likeness (QED) is 0.674. The van der Waals surface area contributed by atoms with Crippen LogP contribution in [0.3, 0.4) is 0 Å². The van der Waals surface area contributed by atoms with Gasteiger partial charge in [-0.3, -0.25) is 4.79 Å². The number of amides is 1. The number of carbonyl (C=O) groups excluding carboxylic acids is 1. The summed E-state index contributed by atoms with van der Waals surface area (Å²) in [5, 5.41) is 11.5. The van der Waals surface area contributed by atoms with Gasteiger partial charge in [-0.1, -0.05) is 26.3 Å². The van der Waals surface area contributed by atoms with Gasteiger partial charge in [0.15, 0.2) is 0 Å². The second-order valence-electron chi connectivity index (χ2n) is 4.41. The summed E-state index contributed by atoms with van der Waals surface area (Å²) in [6, 6.07) is -0.790. The first-order valence-corrected chi connectivity index (χ1v) is 5.76. The molecule has 1 saturated carbocycles. The van der Waals surface area contributed by atoms with Gasteiger partial charge >= 0.3 is 5.97 Å². The van der Waals surface area contributed by atoms with Gasteiger partial charge in [0, 0.05) is 0 Å². The topological polar surface area (TPSA) is 66.4 Å². The molecular formula is C12H19NO3. The molecule has 0 bridgehead atoms. The Hall–Kier alpha value is -1.32. The fraction of sp³-hybridized carbons (Fsp3) is 0.667. The minimum absolute atomic E-state index is 0.0595. The van der Waals surface area contributed by atoms with Crippen LogP contribution in [0.25, 0.3) is 0 Å². The lowest BCUT2D eigenvalue weighted by atomic mass is 9.99. The summed E-state index contributed by atoms with van der Waals surface area (Å²) < 4.78 is 0. The summed E-state index contributed by atoms with van der Waals surface area (Å²) in [6.45, 7) is 3.73. The van der Waals surface area contributed by atoms with Gasteiger partial charge in [-0.05, 0) is 30.8 Å². The Labute approximate surface area is 95.7 Å². The van der Waals surface area contributed by atoms with E-state index in [-0.39, 0.29) is 11.8 Å². The fourth-order valence-electron chi connectivity index (χ4n) is 1.40. The zero-order valence-electron chi connectivity index (χ0n) is 9.77. The van der Waals surface area contributed by atoms with Crippen molar-refractivity contribution >= 4 is 11.9 Å². The third kappa shape index (κ3) is 4.04. The molecule has 1 aliphatic rings. The van der Waals surface area contributed by atoms with Crippen molar-refractivity contribution in [3.8, 4) is 0 Å². The molecule has 1 aliphatic carbocycles. The number of rotatable bonds is 6. The first-order valence-electron chi connectivity index (χ1n) is 5.76. The number of carbonyl (C=O) groups is 2. The summed E-state index contributed by atoms with van der Waals surface area (Å²) in [5.74, 6) is -0.810. The second kappa shape index (κ2) is 5.68. The Bertz CT molecular complexity index is 295. The van der Waals surface area contributed by atoms with Crippen LogP contribution in [0.15, 0.2) is 12.2 Å². The molecular weight excluding hydrogens is 206 g/mol. The number of hydrogen-bond acceptors (Lipinski definition) is 2. The number of allylic oxidation sites excluding steroid dienone is 1. The SMILES string of the molecule is CCC(C)C(NC(=O)/C=C/C1CC1)C(=O)O. The van der Waals surface area contributed by atoms with Crippen LogP contribution in [-0.4, -0.2) is 23.0 Å². The van der Waals surface area contributed by atoms with E-state index in [0.717, 1.165) is 19.3 Å². The first kappa shape index (κ1) is 12.7. The van der Waals surface area contributed by atoms with Crippen LogP contribution < -0.4 is 5.32 Å². The molecule has 1 fully saturated rings. The number of carboxylic acid groups (broad SMARTS) is 1. The van der Waals surface area contributed by atoms with Gasteiger partial charge in [-0.2, -0.15) is 0 Å². The van der Waals surface area contributed by atoms with Crippen molar-refractivity contribution in [2.75, 3.05) is 0 Å². The van der Waals surface area contributed by atoms with Crippen molar-refractivity contribution in [1.29, 1.82) is 0 Å². The van der Waals surface area contributed by atoms with E-state index in [1.54, 1.807) is 0 Å². The van der Waals surface area contributed by atoms with E-state index in [2.05, 4.69) is 5.32 Å². The normalized spacial score (nSPS) is 19.4. The molecule has 0 aromatic rings. The molecule has 0 spiro atoms. The summed E-state index contributed by atoms with van der Waals surface area (Å²) in [7, 11) is 0. The Morgan fingerprint density at radius 2 is 2.12 bits per heavy atom. The summed E-state index contributed by atoms with van der Waals surface area (Å²) in [4.78, 5) is 22.4. The van der Waals surface area contributed by atoms with E-state index in [1.807, 2.05) is 19.9 Å². The van der Waals surface area contributed by atoms with Crippen LogP contribution in [0.5, 0.6) is 0 Å². The number of carboxylic acids is 1. The van der Waals surface area contributed by atoms with E-state index < -0.39 is 12.0 Å². The van der Waals surface area contributed by atoms with Gasteiger partial charge < -0.3 is 10.4 Å². The maximum absolute atomic E-state index is 11.4. The zero-order valence-corrected chi connectivity index (χ0v) is 9.77. The van der Waals surface area contributed by atoms with E-state index in [4.69, 9.17) is 5.11 Å². The van der Waals surface area contributed by atoms with Gasteiger partial charge in [0.2, 0.25) is 5.91 Å². The zero-order chi connectivity index (χ0) is 12.1. The minimum Gasteiger partial charge on any atom is -0.480 e. The minimum atomic E-state index is -0.970. The maximum Gasteiger partial charge on any atom is 0.326 e. The highest BCUT2D eigenvalue weighted by atomic mass is 16.4. The lowest BCUT2D eigenvalue weighted by Crippen LogP contribution is -2.44. The Balaban J connectivity index is 2.46.